The number of nitrogens with zero attached hydrogens (tertiary/aromatic N) is 2. The molecule has 0 fully saturated rings. The van der Waals surface area contributed by atoms with E-state index in [-0.39, 0.29) is 18.0 Å². The molecule has 1 aromatic rings. The molecule has 6 nitrogen and oxygen atoms in total. The molecule has 100 valence electrons. The third kappa shape index (κ3) is 2.39. The van der Waals surface area contributed by atoms with Crippen LogP contribution in [0.5, 0.6) is 0 Å². The van der Waals surface area contributed by atoms with Crippen molar-refractivity contribution in [2.75, 3.05) is 0 Å². The van der Waals surface area contributed by atoms with Crippen molar-refractivity contribution in [2.45, 2.75) is 25.4 Å². The molecular weight excluding hydrogens is 248 g/mol. The average Bonchev–Trinajstić information content (AvgIpc) is 2.42. The van der Waals surface area contributed by atoms with Crippen molar-refractivity contribution in [2.24, 2.45) is 5.92 Å². The summed E-state index contributed by atoms with van der Waals surface area (Å²) in [7, 11) is 0. The maximum atomic E-state index is 11.0. The first kappa shape index (κ1) is 13.4. The highest BCUT2D eigenvalue weighted by Crippen LogP contribution is 2.38. The highest BCUT2D eigenvalue weighted by Gasteiger charge is 2.37. The van der Waals surface area contributed by atoms with E-state index in [1.54, 1.807) is 19.1 Å². The lowest BCUT2D eigenvalue weighted by Crippen LogP contribution is -2.39. The van der Waals surface area contributed by atoms with Crippen LogP contribution in [0.1, 0.15) is 25.3 Å². The number of allylic oxidation sites excluding steroid dienone is 1. The summed E-state index contributed by atoms with van der Waals surface area (Å²) in [4.78, 5) is 25.1. The normalized spacial score (nSPS) is 26.6. The monoisotopic (exact) mass is 262 g/mol. The van der Waals surface area contributed by atoms with Crippen molar-refractivity contribution in [3.05, 3.63) is 40.2 Å². The number of pyridine rings is 1. The zero-order chi connectivity index (χ0) is 14.0. The zero-order valence-corrected chi connectivity index (χ0v) is 10.4. The van der Waals surface area contributed by atoms with Crippen LogP contribution in [0.4, 0.5) is 5.69 Å². The molecule has 19 heavy (non-hydrogen) atoms. The van der Waals surface area contributed by atoms with E-state index in [0.717, 1.165) is 5.57 Å². The van der Waals surface area contributed by atoms with Gasteiger partial charge in [0.15, 0.2) is 6.29 Å². The van der Waals surface area contributed by atoms with E-state index in [4.69, 9.17) is 0 Å². The summed E-state index contributed by atoms with van der Waals surface area (Å²) in [5.74, 6) is -0.280. The molecule has 0 saturated carbocycles. The summed E-state index contributed by atoms with van der Waals surface area (Å²) in [6.07, 6.45) is 5.53. The van der Waals surface area contributed by atoms with Gasteiger partial charge in [-0.1, -0.05) is 13.0 Å². The summed E-state index contributed by atoms with van der Waals surface area (Å²) in [6.45, 7) is 1.76. The van der Waals surface area contributed by atoms with E-state index in [1.807, 2.05) is 0 Å². The van der Waals surface area contributed by atoms with E-state index < -0.39 is 10.5 Å². The van der Waals surface area contributed by atoms with E-state index in [1.165, 1.54) is 12.4 Å². The fourth-order valence-electron chi connectivity index (χ4n) is 2.27. The molecule has 0 amide bonds. The second-order valence-corrected chi connectivity index (χ2v) is 4.80. The van der Waals surface area contributed by atoms with Crippen molar-refractivity contribution in [3.63, 3.8) is 0 Å². The highest BCUT2D eigenvalue weighted by atomic mass is 16.6. The lowest BCUT2D eigenvalue weighted by molar-refractivity contribution is -0.385. The van der Waals surface area contributed by atoms with E-state index in [0.29, 0.717) is 18.3 Å². The lowest BCUT2D eigenvalue weighted by atomic mass is 9.76. The summed E-state index contributed by atoms with van der Waals surface area (Å²) in [6, 6.07) is 1.59. The van der Waals surface area contributed by atoms with Crippen LogP contribution in [-0.2, 0) is 4.79 Å². The van der Waals surface area contributed by atoms with Gasteiger partial charge in [0.25, 0.3) is 5.69 Å². The predicted molar refractivity (Wildman–Crippen MR) is 68.3 cm³/mol. The van der Waals surface area contributed by atoms with Gasteiger partial charge < -0.3 is 9.90 Å². The maximum Gasteiger partial charge on any atom is 0.294 e. The standard InChI is InChI=1S/C13H14N2O4/c1-9-6-10(2-4-13(9,17)8-16)11-3-5-14-7-12(11)15(18)19/h2-3,5,7-9,17H,4,6H2,1H3. The van der Waals surface area contributed by atoms with Crippen molar-refractivity contribution in [1.82, 2.24) is 4.98 Å². The van der Waals surface area contributed by atoms with Gasteiger partial charge in [-0.15, -0.1) is 0 Å². The summed E-state index contributed by atoms with van der Waals surface area (Å²) < 4.78 is 0. The van der Waals surface area contributed by atoms with Crippen molar-refractivity contribution in [3.8, 4) is 0 Å². The van der Waals surface area contributed by atoms with Crippen molar-refractivity contribution in [1.29, 1.82) is 0 Å². The van der Waals surface area contributed by atoms with Gasteiger partial charge in [0.05, 0.1) is 10.5 Å². The SMILES string of the molecule is CC1CC(c2ccncc2[N+](=O)[O-])=CCC1(O)C=O. The number of hydrogen-bond donors (Lipinski definition) is 1. The number of carbonyl (C=O) groups excluding carboxylic acids is 1. The lowest BCUT2D eigenvalue weighted by Gasteiger charge is -2.32. The molecule has 0 bridgehead atoms. The molecule has 1 heterocycles. The van der Waals surface area contributed by atoms with E-state index >= 15 is 0 Å². The fraction of sp³-hybridized carbons (Fsp3) is 0.385. The fourth-order valence-corrected chi connectivity index (χ4v) is 2.27. The van der Waals surface area contributed by atoms with Gasteiger partial charge in [0.2, 0.25) is 0 Å². The first-order chi connectivity index (χ1) is 8.98. The number of nitro groups is 1. The maximum absolute atomic E-state index is 11.0. The largest absolute Gasteiger partial charge is 0.382 e. The predicted octanol–water partition coefficient (Wildman–Crippen LogP) is 1.73. The van der Waals surface area contributed by atoms with Crippen LogP contribution in [0.3, 0.4) is 0 Å². The number of aliphatic hydroxyl groups is 1. The van der Waals surface area contributed by atoms with Crippen LogP contribution >= 0.6 is 0 Å². The number of aromatic nitrogens is 1. The quantitative estimate of drug-likeness (QED) is 0.508. The molecule has 2 rings (SSSR count). The second-order valence-electron chi connectivity index (χ2n) is 4.80. The number of carbonyl (C=O) groups is 1. The Morgan fingerprint density at radius 3 is 2.95 bits per heavy atom. The molecule has 6 heteroatoms. The van der Waals surface area contributed by atoms with Crippen LogP contribution in [0.15, 0.2) is 24.5 Å². The Morgan fingerprint density at radius 2 is 2.37 bits per heavy atom. The Labute approximate surface area is 109 Å². The molecule has 1 aliphatic carbocycles. The third-order valence-electron chi connectivity index (χ3n) is 3.60. The Hall–Kier alpha value is -2.08. The number of hydrogen-bond acceptors (Lipinski definition) is 5. The topological polar surface area (TPSA) is 93.3 Å². The van der Waals surface area contributed by atoms with Gasteiger partial charge in [0.1, 0.15) is 11.8 Å². The third-order valence-corrected chi connectivity index (χ3v) is 3.60. The molecule has 0 spiro atoms. The molecule has 0 aromatic carbocycles. The van der Waals surface area contributed by atoms with Crippen molar-refractivity contribution >= 4 is 17.5 Å². The van der Waals surface area contributed by atoms with Gasteiger partial charge in [0, 0.05) is 12.6 Å². The first-order valence-electron chi connectivity index (χ1n) is 5.94. The van der Waals surface area contributed by atoms with Crippen LogP contribution in [0.2, 0.25) is 0 Å². The molecular formula is C13H14N2O4. The Balaban J connectivity index is 2.40. The van der Waals surface area contributed by atoms with Gasteiger partial charge in [-0.2, -0.15) is 0 Å². The minimum atomic E-state index is -1.37. The second kappa shape index (κ2) is 4.89. The van der Waals surface area contributed by atoms with Gasteiger partial charge in [-0.05, 0) is 24.0 Å². The Bertz CT molecular complexity index is 555. The molecule has 0 radical (unpaired) electrons. The van der Waals surface area contributed by atoms with Crippen LogP contribution in [-0.4, -0.2) is 26.9 Å². The minimum absolute atomic E-state index is 0.0579. The highest BCUT2D eigenvalue weighted by molar-refractivity contribution is 5.76. The molecule has 2 atom stereocenters. The van der Waals surface area contributed by atoms with Crippen molar-refractivity contribution < 1.29 is 14.8 Å². The zero-order valence-electron chi connectivity index (χ0n) is 10.4. The van der Waals surface area contributed by atoms with Crippen LogP contribution in [0.25, 0.3) is 5.57 Å². The van der Waals surface area contributed by atoms with Crippen LogP contribution in [0, 0.1) is 16.0 Å². The first-order valence-corrected chi connectivity index (χ1v) is 5.94. The molecule has 2 unspecified atom stereocenters. The van der Waals surface area contributed by atoms with E-state index in [9.17, 15) is 20.0 Å². The number of aldehydes is 1. The van der Waals surface area contributed by atoms with E-state index in [2.05, 4.69) is 4.98 Å². The molecule has 1 N–H and O–H groups in total. The average molecular weight is 262 g/mol. The smallest absolute Gasteiger partial charge is 0.294 e. The summed E-state index contributed by atoms with van der Waals surface area (Å²) >= 11 is 0. The van der Waals surface area contributed by atoms with Gasteiger partial charge in [-0.25, -0.2) is 0 Å². The Kier molecular flexibility index (Phi) is 3.44. The summed E-state index contributed by atoms with van der Waals surface area (Å²) in [5.41, 5.74) is -0.156. The van der Waals surface area contributed by atoms with Crippen LogP contribution < -0.4 is 0 Å². The minimum Gasteiger partial charge on any atom is -0.382 e. The molecule has 0 aliphatic heterocycles. The van der Waals surface area contributed by atoms with Gasteiger partial charge >= 0.3 is 0 Å². The van der Waals surface area contributed by atoms with Gasteiger partial charge in [-0.3, -0.25) is 15.1 Å². The summed E-state index contributed by atoms with van der Waals surface area (Å²) in [5, 5.41) is 21.0. The molecule has 0 saturated heterocycles. The Morgan fingerprint density at radius 1 is 1.63 bits per heavy atom. The molecule has 1 aliphatic rings. The number of rotatable bonds is 3. The molecule has 1 aromatic heterocycles.